The minimum atomic E-state index is -0.197. The topological polar surface area (TPSA) is 65.4 Å². The molecule has 1 aliphatic heterocycles. The molecule has 3 rings (SSSR count). The third-order valence-corrected chi connectivity index (χ3v) is 5.42. The number of unbranched alkanes of at least 4 members (excludes halogenated alkanes) is 1. The fourth-order valence-corrected chi connectivity index (χ4v) is 3.99. The molecule has 5 nitrogen and oxygen atoms in total. The van der Waals surface area contributed by atoms with E-state index in [0.29, 0.717) is 29.5 Å². The number of carbonyl (C=O) groups is 1. The first-order chi connectivity index (χ1) is 13.7. The van der Waals surface area contributed by atoms with Crippen LogP contribution in [0.5, 0.6) is 5.75 Å². The molecular formula is C23H27N3O2. The van der Waals surface area contributed by atoms with Gasteiger partial charge in [0.25, 0.3) is 5.91 Å². The van der Waals surface area contributed by atoms with Crippen molar-refractivity contribution in [2.24, 2.45) is 0 Å². The molecule has 1 N–H and O–H groups in total. The summed E-state index contributed by atoms with van der Waals surface area (Å²) in [5.41, 5.74) is 0.891. The Kier molecular flexibility index (Phi) is 6.67. The lowest BCUT2D eigenvalue weighted by Crippen LogP contribution is -2.40. The van der Waals surface area contributed by atoms with Gasteiger partial charge in [-0.2, -0.15) is 5.26 Å². The van der Waals surface area contributed by atoms with E-state index in [-0.39, 0.29) is 5.91 Å². The molecule has 1 saturated heterocycles. The number of hydrogen-bond acceptors (Lipinski definition) is 4. The summed E-state index contributed by atoms with van der Waals surface area (Å²) in [7, 11) is 1.56. The van der Waals surface area contributed by atoms with Gasteiger partial charge >= 0.3 is 0 Å². The highest BCUT2D eigenvalue weighted by molar-refractivity contribution is 6.05. The molecule has 1 unspecified atom stereocenters. The second-order valence-corrected chi connectivity index (χ2v) is 7.14. The van der Waals surface area contributed by atoms with Crippen molar-refractivity contribution >= 4 is 16.7 Å². The minimum Gasteiger partial charge on any atom is -0.495 e. The SMILES string of the molecule is C=CCCCN1CCCC1CNC(=O)c1cc(C#N)c2ccccc2c1OC. The number of nitriles is 1. The highest BCUT2D eigenvalue weighted by Gasteiger charge is 2.25. The van der Waals surface area contributed by atoms with Crippen LogP contribution in [0.25, 0.3) is 10.8 Å². The first-order valence-corrected chi connectivity index (χ1v) is 9.82. The Bertz CT molecular complexity index is 901. The molecule has 0 saturated carbocycles. The number of likely N-dealkylation sites (tertiary alicyclic amines) is 1. The van der Waals surface area contributed by atoms with E-state index in [4.69, 9.17) is 4.74 Å². The normalized spacial score (nSPS) is 16.6. The lowest BCUT2D eigenvalue weighted by Gasteiger charge is -2.24. The molecule has 146 valence electrons. The smallest absolute Gasteiger partial charge is 0.255 e. The molecule has 0 spiro atoms. The van der Waals surface area contributed by atoms with Crippen LogP contribution in [0.2, 0.25) is 0 Å². The van der Waals surface area contributed by atoms with Gasteiger partial charge in [0.1, 0.15) is 5.75 Å². The van der Waals surface area contributed by atoms with Crippen LogP contribution >= 0.6 is 0 Å². The third kappa shape index (κ3) is 4.18. The fraction of sp³-hybridized carbons (Fsp3) is 0.391. The van der Waals surface area contributed by atoms with E-state index < -0.39 is 0 Å². The van der Waals surface area contributed by atoms with Crippen LogP contribution < -0.4 is 10.1 Å². The number of hydrogen-bond donors (Lipinski definition) is 1. The summed E-state index contributed by atoms with van der Waals surface area (Å²) >= 11 is 0. The molecule has 2 aromatic rings. The Balaban J connectivity index is 1.76. The van der Waals surface area contributed by atoms with Crippen molar-refractivity contribution in [2.45, 2.75) is 31.7 Å². The average molecular weight is 377 g/mol. The molecule has 0 aromatic heterocycles. The fourth-order valence-electron chi connectivity index (χ4n) is 3.99. The first kappa shape index (κ1) is 19.9. The summed E-state index contributed by atoms with van der Waals surface area (Å²) in [6, 6.07) is 11.7. The number of benzene rings is 2. The lowest BCUT2D eigenvalue weighted by atomic mass is 9.99. The summed E-state index contributed by atoms with van der Waals surface area (Å²) in [6.45, 7) is 6.49. The van der Waals surface area contributed by atoms with Crippen molar-refractivity contribution < 1.29 is 9.53 Å². The zero-order valence-electron chi connectivity index (χ0n) is 16.4. The predicted molar refractivity (Wildman–Crippen MR) is 112 cm³/mol. The Hall–Kier alpha value is -2.84. The van der Waals surface area contributed by atoms with E-state index in [0.717, 1.165) is 49.5 Å². The number of allylic oxidation sites excluding steroid dienone is 1. The van der Waals surface area contributed by atoms with Gasteiger partial charge < -0.3 is 10.1 Å². The molecule has 1 aliphatic rings. The van der Waals surface area contributed by atoms with E-state index in [1.807, 2.05) is 30.3 Å². The monoisotopic (exact) mass is 377 g/mol. The number of amides is 1. The van der Waals surface area contributed by atoms with E-state index in [1.54, 1.807) is 13.2 Å². The molecule has 1 heterocycles. The molecule has 2 aromatic carbocycles. The molecule has 28 heavy (non-hydrogen) atoms. The van der Waals surface area contributed by atoms with Crippen molar-refractivity contribution in [3.05, 3.63) is 54.1 Å². The summed E-state index contributed by atoms with van der Waals surface area (Å²) in [6.07, 6.45) is 6.31. The van der Waals surface area contributed by atoms with Gasteiger partial charge in [0, 0.05) is 23.4 Å². The average Bonchev–Trinajstić information content (AvgIpc) is 3.18. The van der Waals surface area contributed by atoms with Gasteiger partial charge in [-0.1, -0.05) is 30.3 Å². The van der Waals surface area contributed by atoms with Gasteiger partial charge in [-0.05, 0) is 44.8 Å². The zero-order valence-corrected chi connectivity index (χ0v) is 16.4. The standard InChI is InChI=1S/C23H27N3O2/c1-3-4-7-12-26-13-8-9-18(26)16-25-23(27)21-14-17(15-24)19-10-5-6-11-20(19)22(21)28-2/h3,5-6,10-11,14,18H,1,4,7-9,12-13,16H2,2H3,(H,25,27). The maximum atomic E-state index is 12.9. The number of rotatable bonds is 8. The van der Waals surface area contributed by atoms with Crippen LogP contribution in [0, 0.1) is 11.3 Å². The Labute approximate surface area is 166 Å². The summed E-state index contributed by atoms with van der Waals surface area (Å²) in [5.74, 6) is 0.318. The van der Waals surface area contributed by atoms with Crippen molar-refractivity contribution in [1.82, 2.24) is 10.2 Å². The number of fused-ring (bicyclic) bond motifs is 1. The van der Waals surface area contributed by atoms with Gasteiger partial charge in [-0.15, -0.1) is 6.58 Å². The third-order valence-electron chi connectivity index (χ3n) is 5.42. The first-order valence-electron chi connectivity index (χ1n) is 9.82. The number of carbonyl (C=O) groups excluding carboxylic acids is 1. The maximum Gasteiger partial charge on any atom is 0.255 e. The number of methoxy groups -OCH3 is 1. The van der Waals surface area contributed by atoms with Gasteiger partial charge in [0.2, 0.25) is 0 Å². The molecule has 0 bridgehead atoms. The molecule has 0 radical (unpaired) electrons. The minimum absolute atomic E-state index is 0.197. The van der Waals surface area contributed by atoms with Crippen molar-refractivity contribution in [1.29, 1.82) is 5.26 Å². The van der Waals surface area contributed by atoms with Crippen LogP contribution in [0.4, 0.5) is 0 Å². The van der Waals surface area contributed by atoms with Crippen LogP contribution in [0.15, 0.2) is 43.0 Å². The largest absolute Gasteiger partial charge is 0.495 e. The molecular weight excluding hydrogens is 350 g/mol. The quantitative estimate of drug-likeness (QED) is 0.560. The molecule has 0 aliphatic carbocycles. The van der Waals surface area contributed by atoms with E-state index in [2.05, 4.69) is 22.9 Å². The summed E-state index contributed by atoms with van der Waals surface area (Å²) in [5, 5.41) is 14.1. The van der Waals surface area contributed by atoms with Crippen molar-refractivity contribution in [2.75, 3.05) is 26.7 Å². The highest BCUT2D eigenvalue weighted by atomic mass is 16.5. The second-order valence-electron chi connectivity index (χ2n) is 7.14. The van der Waals surface area contributed by atoms with Crippen molar-refractivity contribution in [3.63, 3.8) is 0 Å². The second kappa shape index (κ2) is 9.38. The van der Waals surface area contributed by atoms with Crippen LogP contribution in [-0.2, 0) is 0 Å². The number of ether oxygens (including phenoxy) is 1. The van der Waals surface area contributed by atoms with Gasteiger partial charge in [-0.25, -0.2) is 0 Å². The molecule has 1 atom stereocenters. The van der Waals surface area contributed by atoms with E-state index in [9.17, 15) is 10.1 Å². The Morgan fingerprint density at radius 2 is 2.21 bits per heavy atom. The molecule has 1 fully saturated rings. The zero-order chi connectivity index (χ0) is 19.9. The van der Waals surface area contributed by atoms with Crippen LogP contribution in [-0.4, -0.2) is 43.6 Å². The summed E-state index contributed by atoms with van der Waals surface area (Å²) in [4.78, 5) is 15.4. The van der Waals surface area contributed by atoms with E-state index >= 15 is 0 Å². The molecule has 1 amide bonds. The van der Waals surface area contributed by atoms with Crippen LogP contribution in [0.1, 0.15) is 41.6 Å². The number of nitrogens with zero attached hydrogens (tertiary/aromatic N) is 2. The maximum absolute atomic E-state index is 12.9. The van der Waals surface area contributed by atoms with Gasteiger partial charge in [0.15, 0.2) is 0 Å². The predicted octanol–water partition coefficient (Wildman–Crippen LogP) is 3.88. The Morgan fingerprint density at radius 1 is 1.43 bits per heavy atom. The van der Waals surface area contributed by atoms with Crippen LogP contribution in [0.3, 0.4) is 0 Å². The van der Waals surface area contributed by atoms with Gasteiger partial charge in [0.05, 0.1) is 24.3 Å². The highest BCUT2D eigenvalue weighted by Crippen LogP contribution is 2.32. The summed E-state index contributed by atoms with van der Waals surface area (Å²) < 4.78 is 5.55. The van der Waals surface area contributed by atoms with Gasteiger partial charge in [-0.3, -0.25) is 9.69 Å². The Morgan fingerprint density at radius 3 is 2.93 bits per heavy atom. The molecule has 5 heteroatoms. The van der Waals surface area contributed by atoms with E-state index in [1.165, 1.54) is 0 Å². The van der Waals surface area contributed by atoms with Crippen molar-refractivity contribution in [3.8, 4) is 11.8 Å². The lowest BCUT2D eigenvalue weighted by molar-refractivity contribution is 0.0938. The number of nitrogens with one attached hydrogen (secondary N) is 1.